The molecule has 0 amide bonds. The van der Waals surface area contributed by atoms with Crippen LogP contribution in [-0.2, 0) is 11.2 Å². The minimum Gasteiger partial charge on any atom is -0.383 e. The summed E-state index contributed by atoms with van der Waals surface area (Å²) in [5.41, 5.74) is 0.376. The van der Waals surface area contributed by atoms with Crippen molar-refractivity contribution in [2.24, 2.45) is 17.3 Å². The summed E-state index contributed by atoms with van der Waals surface area (Å²) in [5.74, 6) is 3.11. The minimum absolute atomic E-state index is 0.376. The van der Waals surface area contributed by atoms with E-state index in [0.29, 0.717) is 11.5 Å². The fourth-order valence-corrected chi connectivity index (χ4v) is 4.05. The standard InChI is InChI=1S/C16H28N4O/c1-12(2)20-15(18-11-19-20)9-16(10-17-4-5-21-3)7-13-6-14(13)8-16/h11-14,17H,4-10H2,1-3H3. The molecule has 0 bridgehead atoms. The van der Waals surface area contributed by atoms with Gasteiger partial charge in [0.05, 0.1) is 6.61 Å². The zero-order chi connectivity index (χ0) is 14.9. The molecule has 2 atom stereocenters. The van der Waals surface area contributed by atoms with Crippen molar-refractivity contribution in [3.05, 3.63) is 12.2 Å². The van der Waals surface area contributed by atoms with E-state index in [1.807, 2.05) is 0 Å². The Morgan fingerprint density at radius 2 is 2.19 bits per heavy atom. The van der Waals surface area contributed by atoms with E-state index >= 15 is 0 Å². The second-order valence-corrected chi connectivity index (χ2v) is 7.23. The molecule has 2 unspecified atom stereocenters. The van der Waals surface area contributed by atoms with Crippen molar-refractivity contribution >= 4 is 0 Å². The Hall–Kier alpha value is -0.940. The van der Waals surface area contributed by atoms with Gasteiger partial charge in [0, 0.05) is 32.7 Å². The zero-order valence-corrected chi connectivity index (χ0v) is 13.5. The molecule has 118 valence electrons. The third-order valence-electron chi connectivity index (χ3n) is 5.11. The van der Waals surface area contributed by atoms with Gasteiger partial charge in [-0.25, -0.2) is 9.67 Å². The van der Waals surface area contributed by atoms with Gasteiger partial charge in [-0.05, 0) is 50.4 Å². The summed E-state index contributed by atoms with van der Waals surface area (Å²) in [4.78, 5) is 4.53. The fourth-order valence-electron chi connectivity index (χ4n) is 4.05. The second kappa shape index (κ2) is 6.05. The Morgan fingerprint density at radius 3 is 2.86 bits per heavy atom. The molecule has 1 heterocycles. The van der Waals surface area contributed by atoms with Crippen LogP contribution in [-0.4, -0.2) is 41.6 Å². The Labute approximate surface area is 127 Å². The quantitative estimate of drug-likeness (QED) is 0.745. The van der Waals surface area contributed by atoms with Gasteiger partial charge in [0.15, 0.2) is 0 Å². The van der Waals surface area contributed by atoms with E-state index in [1.54, 1.807) is 13.4 Å². The van der Waals surface area contributed by atoms with E-state index in [-0.39, 0.29) is 0 Å². The highest BCUT2D eigenvalue weighted by Gasteiger charge is 2.53. The van der Waals surface area contributed by atoms with Gasteiger partial charge in [-0.2, -0.15) is 5.10 Å². The lowest BCUT2D eigenvalue weighted by Crippen LogP contribution is -2.37. The van der Waals surface area contributed by atoms with Crippen molar-refractivity contribution < 1.29 is 4.74 Å². The van der Waals surface area contributed by atoms with Gasteiger partial charge < -0.3 is 10.1 Å². The Bertz CT molecular complexity index is 461. The molecule has 0 radical (unpaired) electrons. The maximum atomic E-state index is 5.14. The molecular formula is C16H28N4O. The summed E-state index contributed by atoms with van der Waals surface area (Å²) >= 11 is 0. The highest BCUT2D eigenvalue weighted by Crippen LogP contribution is 2.60. The van der Waals surface area contributed by atoms with Crippen LogP contribution in [0.4, 0.5) is 0 Å². The highest BCUT2D eigenvalue weighted by atomic mass is 16.5. The van der Waals surface area contributed by atoms with Crippen LogP contribution in [0.2, 0.25) is 0 Å². The van der Waals surface area contributed by atoms with Crippen molar-refractivity contribution in [1.29, 1.82) is 0 Å². The van der Waals surface area contributed by atoms with E-state index < -0.39 is 0 Å². The lowest BCUT2D eigenvalue weighted by atomic mass is 9.79. The largest absolute Gasteiger partial charge is 0.383 e. The molecule has 0 aliphatic heterocycles. The molecule has 5 nitrogen and oxygen atoms in total. The first kappa shape index (κ1) is 15.0. The van der Waals surface area contributed by atoms with Crippen LogP contribution in [0, 0.1) is 17.3 Å². The first-order valence-corrected chi connectivity index (χ1v) is 8.21. The first-order chi connectivity index (χ1) is 10.1. The van der Waals surface area contributed by atoms with Crippen molar-refractivity contribution in [1.82, 2.24) is 20.1 Å². The van der Waals surface area contributed by atoms with Crippen molar-refractivity contribution in [3.8, 4) is 0 Å². The summed E-state index contributed by atoms with van der Waals surface area (Å²) in [6.07, 6.45) is 6.91. The lowest BCUT2D eigenvalue weighted by molar-refractivity contribution is 0.184. The van der Waals surface area contributed by atoms with E-state index in [2.05, 4.69) is 33.9 Å². The monoisotopic (exact) mass is 292 g/mol. The number of fused-ring (bicyclic) bond motifs is 1. The van der Waals surface area contributed by atoms with Gasteiger partial charge in [0.25, 0.3) is 0 Å². The van der Waals surface area contributed by atoms with Crippen LogP contribution in [0.3, 0.4) is 0 Å². The van der Waals surface area contributed by atoms with Crippen molar-refractivity contribution in [3.63, 3.8) is 0 Å². The van der Waals surface area contributed by atoms with Crippen LogP contribution in [0.15, 0.2) is 6.33 Å². The topological polar surface area (TPSA) is 52.0 Å². The molecular weight excluding hydrogens is 264 g/mol. The number of hydrogen-bond acceptors (Lipinski definition) is 4. The van der Waals surface area contributed by atoms with Crippen LogP contribution in [0.1, 0.15) is 45.0 Å². The van der Waals surface area contributed by atoms with E-state index in [9.17, 15) is 0 Å². The van der Waals surface area contributed by atoms with Crippen LogP contribution in [0.5, 0.6) is 0 Å². The maximum absolute atomic E-state index is 5.14. The molecule has 2 aliphatic rings. The SMILES string of the molecule is COCCNCC1(Cc2ncnn2C(C)C)CC2CC2C1. The molecule has 0 aromatic carbocycles. The van der Waals surface area contributed by atoms with Gasteiger partial charge in [-0.1, -0.05) is 0 Å². The molecule has 2 fully saturated rings. The van der Waals surface area contributed by atoms with Crippen LogP contribution < -0.4 is 5.32 Å². The van der Waals surface area contributed by atoms with Crippen molar-refractivity contribution in [2.75, 3.05) is 26.8 Å². The molecule has 2 aliphatic carbocycles. The number of ether oxygens (including phenoxy) is 1. The molecule has 0 spiro atoms. The van der Waals surface area contributed by atoms with E-state index in [1.165, 1.54) is 19.3 Å². The lowest BCUT2D eigenvalue weighted by Gasteiger charge is -2.31. The summed E-state index contributed by atoms with van der Waals surface area (Å²) in [5, 5.41) is 7.98. The number of hydrogen-bond donors (Lipinski definition) is 1. The summed E-state index contributed by atoms with van der Waals surface area (Å²) < 4.78 is 7.22. The summed E-state index contributed by atoms with van der Waals surface area (Å²) in [7, 11) is 1.76. The summed E-state index contributed by atoms with van der Waals surface area (Å²) in [6, 6.07) is 0.386. The third-order valence-corrected chi connectivity index (χ3v) is 5.11. The zero-order valence-electron chi connectivity index (χ0n) is 13.5. The number of nitrogens with one attached hydrogen (secondary N) is 1. The minimum atomic E-state index is 0.376. The Balaban J connectivity index is 1.66. The number of aromatic nitrogens is 3. The first-order valence-electron chi connectivity index (χ1n) is 8.21. The third kappa shape index (κ3) is 3.29. The predicted octanol–water partition coefficient (Wildman–Crippen LogP) is 2.05. The van der Waals surface area contributed by atoms with Crippen LogP contribution in [0.25, 0.3) is 0 Å². The predicted molar refractivity (Wildman–Crippen MR) is 82.1 cm³/mol. The molecule has 5 heteroatoms. The summed E-state index contributed by atoms with van der Waals surface area (Å²) in [6.45, 7) is 7.14. The molecule has 1 aromatic rings. The Morgan fingerprint density at radius 1 is 1.43 bits per heavy atom. The average molecular weight is 292 g/mol. The van der Waals surface area contributed by atoms with Gasteiger partial charge in [-0.3, -0.25) is 0 Å². The van der Waals surface area contributed by atoms with Gasteiger partial charge in [-0.15, -0.1) is 0 Å². The Kier molecular flexibility index (Phi) is 4.31. The van der Waals surface area contributed by atoms with E-state index in [0.717, 1.165) is 43.8 Å². The van der Waals surface area contributed by atoms with Gasteiger partial charge in [0.2, 0.25) is 0 Å². The normalized spacial score (nSPS) is 30.9. The smallest absolute Gasteiger partial charge is 0.138 e. The number of rotatable bonds is 8. The molecule has 2 saturated carbocycles. The molecule has 1 N–H and O–H groups in total. The maximum Gasteiger partial charge on any atom is 0.138 e. The highest BCUT2D eigenvalue weighted by molar-refractivity contribution is 5.08. The number of nitrogens with zero attached hydrogens (tertiary/aromatic N) is 3. The van der Waals surface area contributed by atoms with Gasteiger partial charge in [0.1, 0.15) is 12.2 Å². The van der Waals surface area contributed by atoms with Crippen LogP contribution >= 0.6 is 0 Å². The second-order valence-electron chi connectivity index (χ2n) is 7.23. The van der Waals surface area contributed by atoms with Crippen molar-refractivity contribution in [2.45, 2.75) is 45.6 Å². The average Bonchev–Trinajstić information content (AvgIpc) is 2.88. The van der Waals surface area contributed by atoms with Gasteiger partial charge >= 0.3 is 0 Å². The molecule has 1 aromatic heterocycles. The molecule has 3 rings (SSSR count). The fraction of sp³-hybridized carbons (Fsp3) is 0.875. The van der Waals surface area contributed by atoms with E-state index in [4.69, 9.17) is 4.74 Å². The number of methoxy groups -OCH3 is 1. The molecule has 0 saturated heterocycles. The molecule has 21 heavy (non-hydrogen) atoms.